The minimum Gasteiger partial charge on any atom is -0.480 e. The van der Waals surface area contributed by atoms with Gasteiger partial charge in [-0.25, -0.2) is 4.79 Å². The lowest BCUT2D eigenvalue weighted by atomic mass is 9.96. The lowest BCUT2D eigenvalue weighted by molar-refractivity contribution is -0.137. The van der Waals surface area contributed by atoms with Gasteiger partial charge in [-0.1, -0.05) is 12.8 Å². The standard InChI is InChI=1S/C13H24N4O4/c1-17(2)13(5-3-4-6-13)9-16-12(21)15-7-10(18)14-8-11(19)20/h3-9H2,1-2H3,(H,14,18)(H,19,20)(H2,15,16,21). The van der Waals surface area contributed by atoms with Gasteiger partial charge in [0, 0.05) is 12.1 Å². The van der Waals surface area contributed by atoms with Crippen molar-refractivity contribution in [2.45, 2.75) is 31.2 Å². The van der Waals surface area contributed by atoms with Crippen molar-refractivity contribution in [3.63, 3.8) is 0 Å². The van der Waals surface area contributed by atoms with Crippen LogP contribution in [0.1, 0.15) is 25.7 Å². The van der Waals surface area contributed by atoms with E-state index >= 15 is 0 Å². The maximum absolute atomic E-state index is 11.7. The molecule has 120 valence electrons. The van der Waals surface area contributed by atoms with Crippen LogP contribution in [0.5, 0.6) is 0 Å². The molecule has 21 heavy (non-hydrogen) atoms. The average molecular weight is 300 g/mol. The molecule has 0 unspecified atom stereocenters. The molecule has 0 aliphatic heterocycles. The molecule has 0 bridgehead atoms. The summed E-state index contributed by atoms with van der Waals surface area (Å²) in [5, 5.41) is 15.8. The van der Waals surface area contributed by atoms with Gasteiger partial charge in [0.05, 0.1) is 6.54 Å². The molecular formula is C13H24N4O4. The highest BCUT2D eigenvalue weighted by atomic mass is 16.4. The van der Waals surface area contributed by atoms with E-state index in [4.69, 9.17) is 5.11 Å². The lowest BCUT2D eigenvalue weighted by Gasteiger charge is -2.36. The van der Waals surface area contributed by atoms with E-state index in [9.17, 15) is 14.4 Å². The number of carboxylic acids is 1. The average Bonchev–Trinajstić information content (AvgIpc) is 2.90. The van der Waals surface area contributed by atoms with E-state index in [2.05, 4.69) is 20.9 Å². The molecule has 0 atom stereocenters. The van der Waals surface area contributed by atoms with Crippen LogP contribution in [0.4, 0.5) is 4.79 Å². The zero-order valence-electron chi connectivity index (χ0n) is 12.6. The van der Waals surface area contributed by atoms with Crippen LogP contribution in [0.3, 0.4) is 0 Å². The first-order chi connectivity index (χ1) is 9.85. The van der Waals surface area contributed by atoms with Crippen molar-refractivity contribution in [1.29, 1.82) is 0 Å². The van der Waals surface area contributed by atoms with Gasteiger partial charge in [0.15, 0.2) is 0 Å². The largest absolute Gasteiger partial charge is 0.480 e. The van der Waals surface area contributed by atoms with Gasteiger partial charge in [0.1, 0.15) is 6.54 Å². The molecule has 0 aromatic carbocycles. The molecule has 4 N–H and O–H groups in total. The number of carboxylic acid groups (broad SMARTS) is 1. The second-order valence-corrected chi connectivity index (χ2v) is 5.53. The highest BCUT2D eigenvalue weighted by Crippen LogP contribution is 2.32. The van der Waals surface area contributed by atoms with E-state index in [0.717, 1.165) is 25.7 Å². The van der Waals surface area contributed by atoms with Crippen molar-refractivity contribution in [3.05, 3.63) is 0 Å². The van der Waals surface area contributed by atoms with Gasteiger partial charge >= 0.3 is 12.0 Å². The zero-order valence-corrected chi connectivity index (χ0v) is 12.6. The van der Waals surface area contributed by atoms with Crippen molar-refractivity contribution in [1.82, 2.24) is 20.9 Å². The van der Waals surface area contributed by atoms with E-state index < -0.39 is 24.5 Å². The van der Waals surface area contributed by atoms with Gasteiger partial charge in [0.2, 0.25) is 5.91 Å². The SMILES string of the molecule is CN(C)C1(CNC(=O)NCC(=O)NCC(=O)O)CCCC1. The van der Waals surface area contributed by atoms with Gasteiger partial charge in [-0.05, 0) is 26.9 Å². The third-order valence-corrected chi connectivity index (χ3v) is 3.91. The van der Waals surface area contributed by atoms with Crippen LogP contribution < -0.4 is 16.0 Å². The van der Waals surface area contributed by atoms with Crippen molar-refractivity contribution in [2.24, 2.45) is 0 Å². The third kappa shape index (κ3) is 5.58. The third-order valence-electron chi connectivity index (χ3n) is 3.91. The van der Waals surface area contributed by atoms with Crippen molar-refractivity contribution < 1.29 is 19.5 Å². The summed E-state index contributed by atoms with van der Waals surface area (Å²) in [6.45, 7) is -0.164. The lowest BCUT2D eigenvalue weighted by Crippen LogP contribution is -2.53. The van der Waals surface area contributed by atoms with Crippen LogP contribution in [-0.4, -0.2) is 67.2 Å². The number of carbonyl (C=O) groups is 3. The summed E-state index contributed by atoms with van der Waals surface area (Å²) in [4.78, 5) is 35.3. The van der Waals surface area contributed by atoms with Gasteiger partial charge in [-0.15, -0.1) is 0 Å². The Hall–Kier alpha value is -1.83. The number of hydrogen-bond donors (Lipinski definition) is 4. The van der Waals surface area contributed by atoms with Crippen LogP contribution >= 0.6 is 0 Å². The molecule has 1 rings (SSSR count). The Bertz CT molecular complexity index is 392. The summed E-state index contributed by atoms with van der Waals surface area (Å²) in [6.07, 6.45) is 4.39. The van der Waals surface area contributed by atoms with Crippen LogP contribution in [0, 0.1) is 0 Å². The molecule has 1 aliphatic carbocycles. The Labute approximate surface area is 124 Å². The maximum atomic E-state index is 11.7. The number of urea groups is 1. The molecule has 0 aromatic heterocycles. The van der Waals surface area contributed by atoms with Crippen LogP contribution in [0.25, 0.3) is 0 Å². The summed E-state index contributed by atoms with van der Waals surface area (Å²) < 4.78 is 0. The number of carbonyl (C=O) groups excluding carboxylic acids is 2. The molecule has 1 fully saturated rings. The zero-order chi connectivity index (χ0) is 15.9. The van der Waals surface area contributed by atoms with Crippen molar-refractivity contribution >= 4 is 17.9 Å². The molecule has 3 amide bonds. The fourth-order valence-corrected chi connectivity index (χ4v) is 2.52. The predicted octanol–water partition coefficient (Wildman–Crippen LogP) is -0.639. The minimum absolute atomic E-state index is 0.0110. The normalized spacial score (nSPS) is 16.5. The van der Waals surface area contributed by atoms with Gasteiger partial charge in [0.25, 0.3) is 0 Å². The predicted molar refractivity (Wildman–Crippen MR) is 76.9 cm³/mol. The van der Waals surface area contributed by atoms with E-state index in [1.807, 2.05) is 14.1 Å². The quantitative estimate of drug-likeness (QED) is 0.500. The minimum atomic E-state index is -1.12. The van der Waals surface area contributed by atoms with Crippen LogP contribution in [0.2, 0.25) is 0 Å². The van der Waals surface area contributed by atoms with E-state index in [0.29, 0.717) is 6.54 Å². The summed E-state index contributed by atoms with van der Waals surface area (Å²) >= 11 is 0. The molecular weight excluding hydrogens is 276 g/mol. The number of likely N-dealkylation sites (N-methyl/N-ethyl adjacent to an activating group) is 1. The van der Waals surface area contributed by atoms with Gasteiger partial charge in [-0.2, -0.15) is 0 Å². The highest BCUT2D eigenvalue weighted by molar-refractivity contribution is 5.86. The summed E-state index contributed by atoms with van der Waals surface area (Å²) in [6, 6.07) is -0.423. The number of hydrogen-bond acceptors (Lipinski definition) is 4. The van der Waals surface area contributed by atoms with E-state index in [1.54, 1.807) is 0 Å². The van der Waals surface area contributed by atoms with Crippen LogP contribution in [-0.2, 0) is 9.59 Å². The van der Waals surface area contributed by atoms with Gasteiger partial charge in [-0.3, -0.25) is 9.59 Å². The molecule has 0 saturated heterocycles. The Morgan fingerprint density at radius 3 is 2.19 bits per heavy atom. The summed E-state index contributed by atoms with van der Waals surface area (Å²) in [7, 11) is 4.01. The second-order valence-electron chi connectivity index (χ2n) is 5.53. The monoisotopic (exact) mass is 300 g/mol. The van der Waals surface area contributed by atoms with Crippen molar-refractivity contribution in [2.75, 3.05) is 33.7 Å². The number of amides is 3. The molecule has 1 saturated carbocycles. The number of nitrogens with zero attached hydrogens (tertiary/aromatic N) is 1. The van der Waals surface area contributed by atoms with E-state index in [1.165, 1.54) is 0 Å². The number of aliphatic carboxylic acids is 1. The molecule has 0 heterocycles. The first kappa shape index (κ1) is 17.2. The molecule has 8 nitrogen and oxygen atoms in total. The van der Waals surface area contributed by atoms with Gasteiger partial charge < -0.3 is 26.0 Å². The Morgan fingerprint density at radius 2 is 1.67 bits per heavy atom. The smallest absolute Gasteiger partial charge is 0.322 e. The second kappa shape index (κ2) is 7.82. The highest BCUT2D eigenvalue weighted by Gasteiger charge is 2.36. The maximum Gasteiger partial charge on any atom is 0.322 e. The van der Waals surface area contributed by atoms with Crippen LogP contribution in [0.15, 0.2) is 0 Å². The molecule has 0 radical (unpaired) electrons. The first-order valence-electron chi connectivity index (χ1n) is 7.03. The number of nitrogens with one attached hydrogen (secondary N) is 3. The molecule has 1 aliphatic rings. The van der Waals surface area contributed by atoms with E-state index in [-0.39, 0.29) is 12.1 Å². The number of rotatable bonds is 7. The summed E-state index contributed by atoms with van der Waals surface area (Å²) in [5.41, 5.74) is -0.0110. The Balaban J connectivity index is 2.27. The molecule has 0 aromatic rings. The summed E-state index contributed by atoms with van der Waals surface area (Å²) in [5.74, 6) is -1.65. The first-order valence-corrected chi connectivity index (χ1v) is 7.03. The topological polar surface area (TPSA) is 111 Å². The van der Waals surface area contributed by atoms with Crippen molar-refractivity contribution in [3.8, 4) is 0 Å². The fraction of sp³-hybridized carbons (Fsp3) is 0.769. The Morgan fingerprint density at radius 1 is 1.05 bits per heavy atom. The molecule has 0 spiro atoms. The molecule has 8 heteroatoms. The fourth-order valence-electron chi connectivity index (χ4n) is 2.52. The Kier molecular flexibility index (Phi) is 6.41.